The van der Waals surface area contributed by atoms with Crippen molar-refractivity contribution >= 4 is 22.6 Å². The Kier molecular flexibility index (Phi) is 2.63. The molecular formula is C13H13N3O4. The van der Waals surface area contributed by atoms with E-state index in [-0.39, 0.29) is 6.42 Å². The molecule has 20 heavy (non-hydrogen) atoms. The van der Waals surface area contributed by atoms with E-state index in [0.29, 0.717) is 16.9 Å². The number of aliphatic carboxylic acids is 1. The summed E-state index contributed by atoms with van der Waals surface area (Å²) in [5.74, 6) is -0.531. The number of furan rings is 1. The number of rotatable bonds is 3. The van der Waals surface area contributed by atoms with Crippen LogP contribution in [0.4, 0.5) is 0 Å². The molecule has 0 spiro atoms. The monoisotopic (exact) mass is 275 g/mol. The highest BCUT2D eigenvalue weighted by Gasteiger charge is 2.23. The number of hydrogen-bond donors (Lipinski definition) is 1. The molecule has 3 heterocycles. The molecule has 0 fully saturated rings. The largest absolute Gasteiger partial charge is 0.480 e. The van der Waals surface area contributed by atoms with Crippen LogP contribution in [0.15, 0.2) is 27.6 Å². The molecule has 104 valence electrons. The van der Waals surface area contributed by atoms with Gasteiger partial charge in [0, 0.05) is 12.1 Å². The fourth-order valence-corrected chi connectivity index (χ4v) is 2.46. The summed E-state index contributed by atoms with van der Waals surface area (Å²) in [6.45, 7) is 3.43. The molecule has 0 aromatic carbocycles. The predicted octanol–water partition coefficient (Wildman–Crippen LogP) is 1.59. The summed E-state index contributed by atoms with van der Waals surface area (Å²) >= 11 is 0. The van der Waals surface area contributed by atoms with E-state index in [4.69, 9.17) is 4.42 Å². The van der Waals surface area contributed by atoms with Crippen LogP contribution in [0.5, 0.6) is 0 Å². The zero-order valence-electron chi connectivity index (χ0n) is 11.0. The Hall–Kier alpha value is -2.57. The van der Waals surface area contributed by atoms with Gasteiger partial charge in [0.25, 0.3) is 5.56 Å². The van der Waals surface area contributed by atoms with E-state index < -0.39 is 17.6 Å². The van der Waals surface area contributed by atoms with Crippen LogP contribution >= 0.6 is 0 Å². The van der Waals surface area contributed by atoms with Crippen molar-refractivity contribution in [3.05, 3.63) is 34.6 Å². The van der Waals surface area contributed by atoms with Crippen molar-refractivity contribution in [3.63, 3.8) is 0 Å². The predicted molar refractivity (Wildman–Crippen MR) is 70.9 cm³/mol. The van der Waals surface area contributed by atoms with Crippen LogP contribution < -0.4 is 5.56 Å². The van der Waals surface area contributed by atoms with Crippen LogP contribution in [0.3, 0.4) is 0 Å². The smallest absolute Gasteiger partial charge is 0.328 e. The second kappa shape index (κ2) is 4.22. The standard InChI is InChI=1S/C13H13N3O4/c1-3-8(13(18)19)16-12(17)10-6-11-9(4-5-20-11)15(10)7(2)14-16/h4-6,8H,3H2,1-2H3,(H,18,19)/t8-/m0/s1. The molecule has 3 aromatic rings. The lowest BCUT2D eigenvalue weighted by Gasteiger charge is -2.13. The first kappa shape index (κ1) is 12.5. The molecule has 7 nitrogen and oxygen atoms in total. The molecule has 3 rings (SSSR count). The minimum Gasteiger partial charge on any atom is -0.480 e. The lowest BCUT2D eigenvalue weighted by atomic mass is 10.2. The number of aryl methyl sites for hydroxylation is 1. The van der Waals surface area contributed by atoms with Crippen molar-refractivity contribution in [2.45, 2.75) is 26.3 Å². The number of nitrogens with zero attached hydrogens (tertiary/aromatic N) is 3. The molecule has 0 amide bonds. The average molecular weight is 275 g/mol. The van der Waals surface area contributed by atoms with Gasteiger partial charge in [0.2, 0.25) is 0 Å². The van der Waals surface area contributed by atoms with Crippen LogP contribution in [0, 0.1) is 6.92 Å². The molecular weight excluding hydrogens is 262 g/mol. The van der Waals surface area contributed by atoms with E-state index in [0.717, 1.165) is 10.2 Å². The molecule has 7 heteroatoms. The Morgan fingerprint density at radius 3 is 2.90 bits per heavy atom. The van der Waals surface area contributed by atoms with E-state index in [9.17, 15) is 14.7 Å². The van der Waals surface area contributed by atoms with E-state index in [1.165, 1.54) is 6.26 Å². The molecule has 0 aliphatic heterocycles. The van der Waals surface area contributed by atoms with Crippen LogP contribution in [0.25, 0.3) is 16.6 Å². The van der Waals surface area contributed by atoms with Gasteiger partial charge in [-0.15, -0.1) is 0 Å². The number of fused-ring (bicyclic) bond motifs is 3. The van der Waals surface area contributed by atoms with Crippen LogP contribution in [-0.4, -0.2) is 25.3 Å². The SMILES string of the molecule is CC[C@@H](C(=O)O)n1nc(C)n2c(cc3occc32)c1=O. The Labute approximate surface area is 113 Å². The van der Waals surface area contributed by atoms with Crippen LogP contribution in [0.2, 0.25) is 0 Å². The number of carboxylic acid groups (broad SMARTS) is 1. The summed E-state index contributed by atoms with van der Waals surface area (Å²) in [5, 5.41) is 13.3. The van der Waals surface area contributed by atoms with E-state index in [2.05, 4.69) is 5.10 Å². The minimum absolute atomic E-state index is 0.286. The first-order valence-electron chi connectivity index (χ1n) is 6.25. The third kappa shape index (κ3) is 1.56. The third-order valence-electron chi connectivity index (χ3n) is 3.39. The highest BCUT2D eigenvalue weighted by Crippen LogP contribution is 2.20. The van der Waals surface area contributed by atoms with Gasteiger partial charge in [-0.25, -0.2) is 9.48 Å². The van der Waals surface area contributed by atoms with Gasteiger partial charge in [0.15, 0.2) is 11.6 Å². The lowest BCUT2D eigenvalue weighted by Crippen LogP contribution is -2.33. The van der Waals surface area contributed by atoms with E-state index in [1.807, 2.05) is 0 Å². The van der Waals surface area contributed by atoms with E-state index >= 15 is 0 Å². The maximum absolute atomic E-state index is 12.4. The molecule has 0 aliphatic carbocycles. The molecule has 0 saturated heterocycles. The summed E-state index contributed by atoms with van der Waals surface area (Å²) in [5.41, 5.74) is 1.26. The fourth-order valence-electron chi connectivity index (χ4n) is 2.46. The van der Waals surface area contributed by atoms with Gasteiger partial charge in [-0.2, -0.15) is 5.10 Å². The molecule has 0 radical (unpaired) electrons. The lowest BCUT2D eigenvalue weighted by molar-refractivity contribution is -0.141. The van der Waals surface area contributed by atoms with Crippen molar-refractivity contribution in [2.75, 3.05) is 0 Å². The fraction of sp³-hybridized carbons (Fsp3) is 0.308. The van der Waals surface area contributed by atoms with Crippen molar-refractivity contribution in [1.29, 1.82) is 0 Å². The zero-order chi connectivity index (χ0) is 14.4. The maximum atomic E-state index is 12.4. The first-order valence-corrected chi connectivity index (χ1v) is 6.25. The molecule has 0 saturated carbocycles. The molecule has 0 unspecified atom stereocenters. The normalized spacial score (nSPS) is 13.1. The molecule has 0 bridgehead atoms. The summed E-state index contributed by atoms with van der Waals surface area (Å²) in [4.78, 5) is 23.7. The van der Waals surface area contributed by atoms with Gasteiger partial charge in [-0.05, 0) is 13.3 Å². The van der Waals surface area contributed by atoms with Crippen molar-refractivity contribution in [3.8, 4) is 0 Å². The number of carboxylic acids is 1. The van der Waals surface area contributed by atoms with Crippen molar-refractivity contribution in [2.24, 2.45) is 0 Å². The summed E-state index contributed by atoms with van der Waals surface area (Å²) in [6, 6.07) is 2.39. The van der Waals surface area contributed by atoms with Gasteiger partial charge in [-0.1, -0.05) is 6.92 Å². The molecule has 1 N–H and O–H groups in total. The number of hydrogen-bond acceptors (Lipinski definition) is 4. The van der Waals surface area contributed by atoms with Crippen LogP contribution in [-0.2, 0) is 4.79 Å². The van der Waals surface area contributed by atoms with Gasteiger partial charge in [0.1, 0.15) is 11.3 Å². The molecule has 3 aromatic heterocycles. The molecule has 1 atom stereocenters. The highest BCUT2D eigenvalue weighted by molar-refractivity contribution is 5.82. The second-order valence-corrected chi connectivity index (χ2v) is 4.59. The van der Waals surface area contributed by atoms with Gasteiger partial charge < -0.3 is 9.52 Å². The van der Waals surface area contributed by atoms with Gasteiger partial charge >= 0.3 is 5.97 Å². The molecule has 0 aliphatic rings. The van der Waals surface area contributed by atoms with Crippen LogP contribution in [0.1, 0.15) is 25.2 Å². The quantitative estimate of drug-likeness (QED) is 0.783. The van der Waals surface area contributed by atoms with Crippen molar-refractivity contribution < 1.29 is 14.3 Å². The summed E-state index contributed by atoms with van der Waals surface area (Å²) in [7, 11) is 0. The zero-order valence-corrected chi connectivity index (χ0v) is 11.0. The third-order valence-corrected chi connectivity index (χ3v) is 3.39. The second-order valence-electron chi connectivity index (χ2n) is 4.59. The Bertz CT molecular complexity index is 871. The maximum Gasteiger partial charge on any atom is 0.328 e. The Balaban J connectivity index is 2.39. The number of aromatic nitrogens is 3. The summed E-state index contributed by atoms with van der Waals surface area (Å²) in [6.07, 6.45) is 1.82. The van der Waals surface area contributed by atoms with E-state index in [1.54, 1.807) is 30.4 Å². The number of carbonyl (C=O) groups is 1. The Morgan fingerprint density at radius 1 is 1.50 bits per heavy atom. The average Bonchev–Trinajstić information content (AvgIpc) is 2.95. The first-order chi connectivity index (χ1) is 9.54. The highest BCUT2D eigenvalue weighted by atomic mass is 16.4. The Morgan fingerprint density at radius 2 is 2.25 bits per heavy atom. The minimum atomic E-state index is -1.07. The topological polar surface area (TPSA) is 89.7 Å². The van der Waals surface area contributed by atoms with Crippen molar-refractivity contribution in [1.82, 2.24) is 14.2 Å². The summed E-state index contributed by atoms with van der Waals surface area (Å²) < 4.78 is 7.98. The van der Waals surface area contributed by atoms with Gasteiger partial charge in [-0.3, -0.25) is 9.20 Å². The van der Waals surface area contributed by atoms with Gasteiger partial charge in [0.05, 0.1) is 11.8 Å².